The third-order valence-corrected chi connectivity index (χ3v) is 2.14. The van der Waals surface area contributed by atoms with Gasteiger partial charge in [0, 0.05) is 23.5 Å². The fourth-order valence-corrected chi connectivity index (χ4v) is 1.34. The van der Waals surface area contributed by atoms with Crippen LogP contribution in [0.25, 0.3) is 0 Å². The van der Waals surface area contributed by atoms with E-state index in [9.17, 15) is 17.4 Å². The first-order valence-electron chi connectivity index (χ1n) is 3.91. The fraction of sp³-hybridized carbons (Fsp3) is 0.375. The maximum absolute atomic E-state index is 11.9. The molecule has 0 saturated carbocycles. The Kier molecular flexibility index (Phi) is 3.33. The molecule has 0 spiro atoms. The van der Waals surface area contributed by atoms with Crippen molar-refractivity contribution in [2.24, 2.45) is 0 Å². The third kappa shape index (κ3) is 3.50. The van der Waals surface area contributed by atoms with Crippen molar-refractivity contribution in [3.63, 3.8) is 0 Å². The second-order valence-electron chi connectivity index (χ2n) is 2.85. The van der Waals surface area contributed by atoms with Gasteiger partial charge in [-0.25, -0.2) is 4.21 Å². The van der Waals surface area contributed by atoms with Gasteiger partial charge in [-0.15, -0.1) is 0 Å². The topological polar surface area (TPSA) is 39.2 Å². The van der Waals surface area contributed by atoms with Gasteiger partial charge in [-0.1, -0.05) is 0 Å². The summed E-state index contributed by atoms with van der Waals surface area (Å²) in [4.78, 5) is 3.94. The SMILES string of the molecule is Cc1cc(OS(=O)C(F)(F)F)cc(C)n1. The number of aryl methyl sites for hydroxylation is 2. The second kappa shape index (κ2) is 4.18. The molecule has 1 heterocycles. The van der Waals surface area contributed by atoms with Crippen LogP contribution in [0.1, 0.15) is 11.4 Å². The molecule has 1 aromatic rings. The monoisotopic (exact) mass is 239 g/mol. The number of hydrogen-bond acceptors (Lipinski definition) is 3. The molecule has 1 unspecified atom stereocenters. The minimum Gasteiger partial charge on any atom is -0.394 e. The molecule has 1 atom stereocenters. The number of alkyl halides is 3. The second-order valence-corrected chi connectivity index (χ2v) is 3.95. The van der Waals surface area contributed by atoms with Crippen LogP contribution >= 0.6 is 0 Å². The highest BCUT2D eigenvalue weighted by Gasteiger charge is 2.40. The van der Waals surface area contributed by atoms with E-state index in [1.807, 2.05) is 0 Å². The Labute approximate surface area is 86.9 Å². The number of pyridine rings is 1. The fourth-order valence-electron chi connectivity index (χ4n) is 0.979. The Hall–Kier alpha value is -1.11. The van der Waals surface area contributed by atoms with Gasteiger partial charge in [-0.3, -0.25) is 4.98 Å². The summed E-state index contributed by atoms with van der Waals surface area (Å²) in [5, 5.41) is 0. The normalized spacial score (nSPS) is 13.7. The van der Waals surface area contributed by atoms with Gasteiger partial charge in [0.1, 0.15) is 5.75 Å². The molecule has 0 aliphatic carbocycles. The molecule has 7 heteroatoms. The first-order chi connectivity index (χ1) is 6.79. The highest BCUT2D eigenvalue weighted by molar-refractivity contribution is 7.81. The lowest BCUT2D eigenvalue weighted by molar-refractivity contribution is -0.0437. The average molecular weight is 239 g/mol. The molecular formula is C8H8F3NO2S. The van der Waals surface area contributed by atoms with Crippen LogP contribution in [0, 0.1) is 13.8 Å². The molecule has 84 valence electrons. The summed E-state index contributed by atoms with van der Waals surface area (Å²) in [6.45, 7) is 3.22. The lowest BCUT2D eigenvalue weighted by Gasteiger charge is -2.08. The minimum atomic E-state index is -4.87. The zero-order chi connectivity index (χ0) is 11.6. The molecule has 3 nitrogen and oxygen atoms in total. The molecule has 0 amide bonds. The smallest absolute Gasteiger partial charge is 0.394 e. The Morgan fingerprint density at radius 3 is 2.13 bits per heavy atom. The largest absolute Gasteiger partial charge is 0.508 e. The molecule has 0 saturated heterocycles. The molecule has 0 aliphatic heterocycles. The maximum Gasteiger partial charge on any atom is 0.508 e. The van der Waals surface area contributed by atoms with E-state index in [2.05, 4.69) is 9.17 Å². The summed E-state index contributed by atoms with van der Waals surface area (Å²) in [7, 11) is 0. The third-order valence-electron chi connectivity index (χ3n) is 1.42. The van der Waals surface area contributed by atoms with Gasteiger partial charge in [0.15, 0.2) is 0 Å². The van der Waals surface area contributed by atoms with Gasteiger partial charge in [0.2, 0.25) is 0 Å². The quantitative estimate of drug-likeness (QED) is 0.794. The van der Waals surface area contributed by atoms with E-state index in [1.165, 1.54) is 12.1 Å². The number of hydrogen-bond donors (Lipinski definition) is 0. The van der Waals surface area contributed by atoms with Crippen molar-refractivity contribution in [1.82, 2.24) is 4.98 Å². The molecule has 1 rings (SSSR count). The van der Waals surface area contributed by atoms with Crippen molar-refractivity contribution in [1.29, 1.82) is 0 Å². The van der Waals surface area contributed by atoms with Gasteiger partial charge in [-0.2, -0.15) is 13.2 Å². The summed E-state index contributed by atoms with van der Waals surface area (Å²) >= 11 is -3.33. The van der Waals surface area contributed by atoms with Crippen LogP contribution in [0.15, 0.2) is 12.1 Å². The zero-order valence-corrected chi connectivity index (χ0v) is 8.78. The van der Waals surface area contributed by atoms with Crippen molar-refractivity contribution in [3.05, 3.63) is 23.5 Å². The first kappa shape index (κ1) is 12.0. The van der Waals surface area contributed by atoms with E-state index in [-0.39, 0.29) is 5.75 Å². The molecule has 0 N–H and O–H groups in total. The Balaban J connectivity index is 2.86. The number of halogens is 3. The van der Waals surface area contributed by atoms with E-state index >= 15 is 0 Å². The molecule has 0 radical (unpaired) electrons. The van der Waals surface area contributed by atoms with Gasteiger partial charge in [-0.05, 0) is 13.8 Å². The number of rotatable bonds is 2. The van der Waals surface area contributed by atoms with Gasteiger partial charge < -0.3 is 4.18 Å². The van der Waals surface area contributed by atoms with Crippen LogP contribution in [0.4, 0.5) is 13.2 Å². The van der Waals surface area contributed by atoms with Crippen LogP contribution in [0.2, 0.25) is 0 Å². The molecule has 0 bridgehead atoms. The molecular weight excluding hydrogens is 231 g/mol. The summed E-state index contributed by atoms with van der Waals surface area (Å²) in [6, 6.07) is 2.58. The lowest BCUT2D eigenvalue weighted by Crippen LogP contribution is -2.21. The van der Waals surface area contributed by atoms with E-state index in [0.717, 1.165) is 0 Å². The predicted molar refractivity (Wildman–Crippen MR) is 48.5 cm³/mol. The van der Waals surface area contributed by atoms with Crippen molar-refractivity contribution in [3.8, 4) is 5.75 Å². The van der Waals surface area contributed by atoms with Crippen molar-refractivity contribution in [2.45, 2.75) is 19.4 Å². The van der Waals surface area contributed by atoms with Crippen LogP contribution in [0.3, 0.4) is 0 Å². The van der Waals surface area contributed by atoms with Crippen molar-refractivity contribution >= 4 is 11.1 Å². The van der Waals surface area contributed by atoms with Gasteiger partial charge in [0.05, 0.1) is 0 Å². The molecule has 0 fully saturated rings. The lowest BCUT2D eigenvalue weighted by atomic mass is 10.3. The Morgan fingerprint density at radius 1 is 1.27 bits per heavy atom. The summed E-state index contributed by atoms with van der Waals surface area (Å²) in [5.74, 6) is -0.101. The van der Waals surface area contributed by atoms with E-state index in [4.69, 9.17) is 0 Å². The van der Waals surface area contributed by atoms with Crippen LogP contribution < -0.4 is 4.18 Å². The van der Waals surface area contributed by atoms with E-state index < -0.39 is 16.6 Å². The van der Waals surface area contributed by atoms with E-state index in [0.29, 0.717) is 11.4 Å². The molecule has 0 aliphatic rings. The zero-order valence-electron chi connectivity index (χ0n) is 7.96. The van der Waals surface area contributed by atoms with Gasteiger partial charge >= 0.3 is 16.6 Å². The van der Waals surface area contributed by atoms with Crippen LogP contribution in [-0.2, 0) is 11.1 Å². The molecule has 0 aromatic carbocycles. The summed E-state index contributed by atoms with van der Waals surface area (Å²) in [6.07, 6.45) is 0. The minimum absolute atomic E-state index is 0.101. The van der Waals surface area contributed by atoms with Gasteiger partial charge in [0.25, 0.3) is 0 Å². The highest BCUT2D eigenvalue weighted by atomic mass is 32.2. The standard InChI is InChI=1S/C8H8F3NO2S/c1-5-3-7(4-6(2)12-5)14-15(13)8(9,10)11/h3-4H,1-2H3. The van der Waals surface area contributed by atoms with Crippen LogP contribution in [0.5, 0.6) is 5.75 Å². The predicted octanol–water partition coefficient (Wildman–Crippen LogP) is 2.26. The van der Waals surface area contributed by atoms with Crippen molar-refractivity contribution in [2.75, 3.05) is 0 Å². The number of nitrogens with zero attached hydrogens (tertiary/aromatic N) is 1. The summed E-state index contributed by atoms with van der Waals surface area (Å²) < 4.78 is 50.5. The highest BCUT2D eigenvalue weighted by Crippen LogP contribution is 2.24. The average Bonchev–Trinajstić information content (AvgIpc) is 1.99. The summed E-state index contributed by atoms with van der Waals surface area (Å²) in [5.41, 5.74) is -3.86. The first-order valence-corrected chi connectivity index (χ1v) is 4.99. The maximum atomic E-state index is 11.9. The Morgan fingerprint density at radius 2 is 1.73 bits per heavy atom. The molecule has 15 heavy (non-hydrogen) atoms. The van der Waals surface area contributed by atoms with E-state index in [1.54, 1.807) is 13.8 Å². The van der Waals surface area contributed by atoms with Crippen molar-refractivity contribution < 1.29 is 21.6 Å². The van der Waals surface area contributed by atoms with Crippen LogP contribution in [-0.4, -0.2) is 14.7 Å². The number of aromatic nitrogens is 1. The molecule has 1 aromatic heterocycles. The Bertz CT molecular complexity index is 372.